The molecule has 2 aromatic carbocycles. The molecule has 0 aliphatic rings. The van der Waals surface area contributed by atoms with Crippen molar-refractivity contribution in [1.82, 2.24) is 0 Å². The van der Waals surface area contributed by atoms with Gasteiger partial charge in [-0.1, -0.05) is 46.9 Å². The molecule has 0 bridgehead atoms. The number of carbonyl (C=O) groups is 1. The molecule has 0 spiro atoms. The number of carboxylic acids is 1. The van der Waals surface area contributed by atoms with Crippen LogP contribution >= 0.6 is 34.8 Å². The van der Waals surface area contributed by atoms with E-state index in [-0.39, 0.29) is 6.42 Å². The van der Waals surface area contributed by atoms with Crippen molar-refractivity contribution < 1.29 is 14.6 Å². The van der Waals surface area contributed by atoms with E-state index < -0.39 is 12.1 Å². The van der Waals surface area contributed by atoms with Gasteiger partial charge in [0.05, 0.1) is 16.5 Å². The van der Waals surface area contributed by atoms with E-state index in [1.165, 1.54) is 0 Å². The van der Waals surface area contributed by atoms with Crippen LogP contribution in [0.1, 0.15) is 18.1 Å². The predicted molar refractivity (Wildman–Crippen MR) is 83.5 cm³/mol. The Morgan fingerprint density at radius 2 is 1.86 bits per heavy atom. The van der Waals surface area contributed by atoms with Gasteiger partial charge in [-0.3, -0.25) is 4.79 Å². The summed E-state index contributed by atoms with van der Waals surface area (Å²) in [4.78, 5) is 11.0. The second-order valence-electron chi connectivity index (χ2n) is 4.34. The van der Waals surface area contributed by atoms with Crippen LogP contribution in [-0.4, -0.2) is 11.1 Å². The summed E-state index contributed by atoms with van der Waals surface area (Å²) in [6.45, 7) is 0. The normalized spacial score (nSPS) is 12.0. The van der Waals surface area contributed by atoms with Crippen molar-refractivity contribution in [3.05, 3.63) is 63.1 Å². The van der Waals surface area contributed by atoms with E-state index in [1.807, 2.05) is 0 Å². The monoisotopic (exact) mass is 344 g/mol. The summed E-state index contributed by atoms with van der Waals surface area (Å²) in [5.41, 5.74) is 0.631. The molecule has 110 valence electrons. The first-order chi connectivity index (χ1) is 9.95. The molecule has 0 saturated carbocycles. The van der Waals surface area contributed by atoms with Crippen LogP contribution in [0.2, 0.25) is 15.1 Å². The first-order valence-electron chi connectivity index (χ1n) is 6.04. The van der Waals surface area contributed by atoms with Crippen LogP contribution in [0.15, 0.2) is 42.5 Å². The summed E-state index contributed by atoms with van der Waals surface area (Å²) in [6.07, 6.45) is -0.888. The standard InChI is InChI=1S/C15H11Cl3O3/c16-10-2-1-3-11(7-10)21-14(8-15(19)20)9-4-5-12(17)13(18)6-9/h1-7,14H,8H2,(H,19,20). The molecule has 0 radical (unpaired) electrons. The highest BCUT2D eigenvalue weighted by molar-refractivity contribution is 6.42. The second-order valence-corrected chi connectivity index (χ2v) is 5.59. The van der Waals surface area contributed by atoms with Crippen LogP contribution in [0, 0.1) is 0 Å². The van der Waals surface area contributed by atoms with E-state index >= 15 is 0 Å². The summed E-state index contributed by atoms with van der Waals surface area (Å²) in [5.74, 6) is -0.493. The Morgan fingerprint density at radius 1 is 1.10 bits per heavy atom. The van der Waals surface area contributed by atoms with E-state index in [4.69, 9.17) is 44.6 Å². The van der Waals surface area contributed by atoms with Crippen LogP contribution in [0.25, 0.3) is 0 Å². The Bertz CT molecular complexity index is 658. The Hall–Kier alpha value is -1.42. The zero-order valence-corrected chi connectivity index (χ0v) is 13.0. The molecule has 0 fully saturated rings. The lowest BCUT2D eigenvalue weighted by Gasteiger charge is -2.18. The summed E-state index contributed by atoms with van der Waals surface area (Å²) in [6, 6.07) is 11.7. The van der Waals surface area contributed by atoms with Gasteiger partial charge in [0.2, 0.25) is 0 Å². The van der Waals surface area contributed by atoms with E-state index in [2.05, 4.69) is 0 Å². The number of hydrogen-bond donors (Lipinski definition) is 1. The molecule has 0 amide bonds. The van der Waals surface area contributed by atoms with Crippen molar-refractivity contribution >= 4 is 40.8 Å². The zero-order chi connectivity index (χ0) is 15.4. The highest BCUT2D eigenvalue weighted by Gasteiger charge is 2.18. The van der Waals surface area contributed by atoms with Crippen molar-refractivity contribution in [1.29, 1.82) is 0 Å². The van der Waals surface area contributed by atoms with Gasteiger partial charge in [-0.05, 0) is 35.9 Å². The average Bonchev–Trinajstić information content (AvgIpc) is 2.41. The molecule has 2 rings (SSSR count). The number of carboxylic acid groups (broad SMARTS) is 1. The number of ether oxygens (including phenoxy) is 1. The molecule has 6 heteroatoms. The van der Waals surface area contributed by atoms with Crippen LogP contribution in [0.3, 0.4) is 0 Å². The SMILES string of the molecule is O=C(O)CC(Oc1cccc(Cl)c1)c1ccc(Cl)c(Cl)c1. The largest absolute Gasteiger partial charge is 0.485 e. The van der Waals surface area contributed by atoms with Gasteiger partial charge in [0, 0.05) is 5.02 Å². The predicted octanol–water partition coefficient (Wildman–Crippen LogP) is 5.24. The molecule has 0 aliphatic heterocycles. The molecule has 0 aromatic heterocycles. The van der Waals surface area contributed by atoms with Crippen LogP contribution < -0.4 is 4.74 Å². The summed E-state index contributed by atoms with van der Waals surface area (Å²) in [5, 5.41) is 10.3. The van der Waals surface area contributed by atoms with Crippen molar-refractivity contribution in [2.45, 2.75) is 12.5 Å². The third kappa shape index (κ3) is 4.53. The fourth-order valence-electron chi connectivity index (χ4n) is 1.80. The minimum Gasteiger partial charge on any atom is -0.485 e. The first-order valence-corrected chi connectivity index (χ1v) is 7.18. The fraction of sp³-hybridized carbons (Fsp3) is 0.133. The van der Waals surface area contributed by atoms with E-state index in [1.54, 1.807) is 42.5 Å². The van der Waals surface area contributed by atoms with E-state index in [0.29, 0.717) is 26.4 Å². The molecule has 0 aliphatic carbocycles. The van der Waals surface area contributed by atoms with Gasteiger partial charge < -0.3 is 9.84 Å². The Morgan fingerprint density at radius 3 is 2.48 bits per heavy atom. The minimum absolute atomic E-state index is 0.204. The molecular formula is C15H11Cl3O3. The summed E-state index contributed by atoms with van der Waals surface area (Å²) >= 11 is 17.7. The van der Waals surface area contributed by atoms with Crippen molar-refractivity contribution in [2.24, 2.45) is 0 Å². The lowest BCUT2D eigenvalue weighted by molar-refractivity contribution is -0.138. The van der Waals surface area contributed by atoms with Crippen molar-refractivity contribution in [3.8, 4) is 5.75 Å². The number of hydrogen-bond acceptors (Lipinski definition) is 2. The fourth-order valence-corrected chi connectivity index (χ4v) is 2.29. The van der Waals surface area contributed by atoms with Crippen molar-refractivity contribution in [3.63, 3.8) is 0 Å². The van der Waals surface area contributed by atoms with Gasteiger partial charge >= 0.3 is 5.97 Å². The Labute approximate surface area is 137 Å². The third-order valence-electron chi connectivity index (χ3n) is 2.75. The number of benzene rings is 2. The minimum atomic E-state index is -0.979. The second kappa shape index (κ2) is 7.03. The van der Waals surface area contributed by atoms with Gasteiger partial charge in [-0.25, -0.2) is 0 Å². The molecule has 0 heterocycles. The smallest absolute Gasteiger partial charge is 0.307 e. The molecule has 21 heavy (non-hydrogen) atoms. The maximum absolute atomic E-state index is 11.0. The highest BCUT2D eigenvalue weighted by atomic mass is 35.5. The molecule has 0 saturated heterocycles. The van der Waals surface area contributed by atoms with E-state index in [9.17, 15) is 4.79 Å². The molecule has 1 atom stereocenters. The summed E-state index contributed by atoms with van der Waals surface area (Å²) in [7, 11) is 0. The average molecular weight is 346 g/mol. The van der Waals surface area contributed by atoms with Crippen LogP contribution in [0.5, 0.6) is 5.75 Å². The molecule has 1 unspecified atom stereocenters. The van der Waals surface area contributed by atoms with Gasteiger partial charge in [-0.2, -0.15) is 0 Å². The lowest BCUT2D eigenvalue weighted by Crippen LogP contribution is -2.13. The van der Waals surface area contributed by atoms with Crippen LogP contribution in [-0.2, 0) is 4.79 Å². The maximum Gasteiger partial charge on any atom is 0.307 e. The first kappa shape index (κ1) is 16.0. The Kier molecular flexibility index (Phi) is 5.34. The molecule has 3 nitrogen and oxygen atoms in total. The Balaban J connectivity index is 2.29. The zero-order valence-electron chi connectivity index (χ0n) is 10.7. The number of aliphatic carboxylic acids is 1. The molecular weight excluding hydrogens is 335 g/mol. The number of rotatable bonds is 5. The maximum atomic E-state index is 11.0. The quantitative estimate of drug-likeness (QED) is 0.806. The van der Waals surface area contributed by atoms with Crippen LogP contribution in [0.4, 0.5) is 0 Å². The van der Waals surface area contributed by atoms with Gasteiger partial charge in [0.15, 0.2) is 0 Å². The lowest BCUT2D eigenvalue weighted by atomic mass is 10.1. The van der Waals surface area contributed by atoms with Crippen molar-refractivity contribution in [2.75, 3.05) is 0 Å². The highest BCUT2D eigenvalue weighted by Crippen LogP contribution is 2.31. The molecule has 2 aromatic rings. The molecule has 1 N–H and O–H groups in total. The third-order valence-corrected chi connectivity index (χ3v) is 3.72. The van der Waals surface area contributed by atoms with Gasteiger partial charge in [0.1, 0.15) is 11.9 Å². The van der Waals surface area contributed by atoms with E-state index in [0.717, 1.165) is 0 Å². The van der Waals surface area contributed by atoms with Gasteiger partial charge in [0.25, 0.3) is 0 Å². The topological polar surface area (TPSA) is 46.5 Å². The number of halogens is 3. The van der Waals surface area contributed by atoms with Gasteiger partial charge in [-0.15, -0.1) is 0 Å². The summed E-state index contributed by atoms with van der Waals surface area (Å²) < 4.78 is 5.72.